The Morgan fingerprint density at radius 3 is 2.45 bits per heavy atom. The molecule has 0 aliphatic carbocycles. The van der Waals surface area contributed by atoms with Gasteiger partial charge in [-0.1, -0.05) is 27.5 Å². The number of rotatable bonds is 2. The number of nitrogens with one attached hydrogen (secondary N) is 2. The fourth-order valence-corrected chi connectivity index (χ4v) is 2.48. The quantitative estimate of drug-likeness (QED) is 0.681. The fraction of sp³-hybridized carbons (Fsp3) is 0.133. The summed E-state index contributed by atoms with van der Waals surface area (Å²) in [6, 6.07) is 11.7. The van der Waals surface area contributed by atoms with Crippen molar-refractivity contribution in [2.24, 2.45) is 0 Å². The van der Waals surface area contributed by atoms with Crippen LogP contribution in [0.4, 0.5) is 11.4 Å². The second-order valence-corrected chi connectivity index (χ2v) is 6.20. The minimum absolute atomic E-state index is 0.553. The van der Waals surface area contributed by atoms with Gasteiger partial charge >= 0.3 is 0 Å². The molecule has 0 aliphatic heterocycles. The maximum absolute atomic E-state index is 5.93. The van der Waals surface area contributed by atoms with E-state index in [0.717, 1.165) is 32.0 Å². The molecule has 2 N–H and O–H groups in total. The zero-order chi connectivity index (χ0) is 14.7. The van der Waals surface area contributed by atoms with Crippen molar-refractivity contribution in [3.05, 3.63) is 57.0 Å². The SMILES string of the molecule is Cc1cc(NC(=S)Nc2ccc(Cl)cc2C)ccc1Br. The van der Waals surface area contributed by atoms with Crippen molar-refractivity contribution in [1.82, 2.24) is 0 Å². The van der Waals surface area contributed by atoms with Gasteiger partial charge in [-0.15, -0.1) is 0 Å². The van der Waals surface area contributed by atoms with E-state index in [0.29, 0.717) is 5.11 Å². The molecular weight excluding hydrogens is 356 g/mol. The summed E-state index contributed by atoms with van der Waals surface area (Å²) in [4.78, 5) is 0. The van der Waals surface area contributed by atoms with E-state index < -0.39 is 0 Å². The summed E-state index contributed by atoms with van der Waals surface area (Å²) in [6.45, 7) is 4.02. The van der Waals surface area contributed by atoms with Gasteiger partial charge < -0.3 is 10.6 Å². The minimum Gasteiger partial charge on any atom is -0.332 e. The third-order valence-corrected chi connectivity index (χ3v) is 4.18. The van der Waals surface area contributed by atoms with Crippen LogP contribution >= 0.6 is 39.7 Å². The number of halogens is 2. The lowest BCUT2D eigenvalue weighted by molar-refractivity contribution is 1.42. The van der Waals surface area contributed by atoms with Gasteiger partial charge in [-0.25, -0.2) is 0 Å². The zero-order valence-corrected chi connectivity index (χ0v) is 14.3. The monoisotopic (exact) mass is 368 g/mol. The lowest BCUT2D eigenvalue weighted by Gasteiger charge is -2.13. The Balaban J connectivity index is 2.07. The van der Waals surface area contributed by atoms with Gasteiger partial charge in [-0.2, -0.15) is 0 Å². The van der Waals surface area contributed by atoms with Crippen molar-refractivity contribution in [2.45, 2.75) is 13.8 Å². The van der Waals surface area contributed by atoms with Crippen LogP contribution in [0, 0.1) is 13.8 Å². The van der Waals surface area contributed by atoms with Crippen molar-refractivity contribution < 1.29 is 0 Å². The number of benzene rings is 2. The van der Waals surface area contributed by atoms with Crippen LogP contribution in [0.25, 0.3) is 0 Å². The van der Waals surface area contributed by atoms with Crippen LogP contribution in [0.5, 0.6) is 0 Å². The molecule has 0 saturated carbocycles. The summed E-state index contributed by atoms with van der Waals surface area (Å²) in [5, 5.41) is 7.61. The Labute approximate surface area is 137 Å². The largest absolute Gasteiger partial charge is 0.332 e. The topological polar surface area (TPSA) is 24.1 Å². The molecule has 0 spiro atoms. The second-order valence-electron chi connectivity index (χ2n) is 4.50. The van der Waals surface area contributed by atoms with Crippen LogP contribution in [0.15, 0.2) is 40.9 Å². The molecule has 20 heavy (non-hydrogen) atoms. The van der Waals surface area contributed by atoms with Gasteiger partial charge in [0.05, 0.1) is 0 Å². The van der Waals surface area contributed by atoms with E-state index in [1.54, 1.807) is 0 Å². The van der Waals surface area contributed by atoms with Crippen LogP contribution in [0.1, 0.15) is 11.1 Å². The predicted molar refractivity (Wildman–Crippen MR) is 94.9 cm³/mol. The Morgan fingerprint density at radius 2 is 1.80 bits per heavy atom. The Morgan fingerprint density at radius 1 is 1.05 bits per heavy atom. The molecule has 0 aliphatic rings. The molecular formula is C15H14BrClN2S. The van der Waals surface area contributed by atoms with Crippen molar-refractivity contribution in [1.29, 1.82) is 0 Å². The molecule has 0 bridgehead atoms. The first kappa shape index (κ1) is 15.3. The molecule has 0 radical (unpaired) electrons. The predicted octanol–water partition coefficient (Wildman–Crippen LogP) is 5.53. The molecule has 2 nitrogen and oxygen atoms in total. The van der Waals surface area contributed by atoms with Gasteiger partial charge in [0.1, 0.15) is 0 Å². The summed E-state index contributed by atoms with van der Waals surface area (Å²) in [7, 11) is 0. The third kappa shape index (κ3) is 3.95. The number of aryl methyl sites for hydroxylation is 2. The van der Waals surface area contributed by atoms with E-state index in [-0.39, 0.29) is 0 Å². The molecule has 5 heteroatoms. The van der Waals surface area contributed by atoms with Crippen molar-refractivity contribution >= 4 is 56.2 Å². The van der Waals surface area contributed by atoms with Gasteiger partial charge in [-0.05, 0) is 73.6 Å². The van der Waals surface area contributed by atoms with E-state index in [2.05, 4.69) is 26.6 Å². The lowest BCUT2D eigenvalue weighted by atomic mass is 10.2. The van der Waals surface area contributed by atoms with Gasteiger partial charge in [0, 0.05) is 20.9 Å². The number of hydrogen-bond donors (Lipinski definition) is 2. The Hall–Kier alpha value is -1.10. The number of anilines is 2. The first-order chi connectivity index (χ1) is 9.45. The zero-order valence-electron chi connectivity index (χ0n) is 11.1. The smallest absolute Gasteiger partial charge is 0.175 e. The molecule has 2 rings (SSSR count). The van der Waals surface area contributed by atoms with E-state index in [1.165, 1.54) is 0 Å². The molecule has 2 aromatic carbocycles. The van der Waals surface area contributed by atoms with Gasteiger partial charge in [0.15, 0.2) is 5.11 Å². The lowest BCUT2D eigenvalue weighted by Crippen LogP contribution is -2.19. The maximum Gasteiger partial charge on any atom is 0.175 e. The summed E-state index contributed by atoms with van der Waals surface area (Å²) in [5.74, 6) is 0. The van der Waals surface area contributed by atoms with E-state index in [4.69, 9.17) is 23.8 Å². The molecule has 0 heterocycles. The second kappa shape index (κ2) is 6.57. The van der Waals surface area contributed by atoms with Crippen molar-refractivity contribution in [3.8, 4) is 0 Å². The van der Waals surface area contributed by atoms with E-state index in [1.807, 2.05) is 50.2 Å². The van der Waals surface area contributed by atoms with Crippen LogP contribution in [-0.4, -0.2) is 5.11 Å². The summed E-state index contributed by atoms with van der Waals surface area (Å²) in [6.07, 6.45) is 0. The Kier molecular flexibility index (Phi) is 5.02. The first-order valence-corrected chi connectivity index (χ1v) is 7.64. The summed E-state index contributed by atoms with van der Waals surface area (Å²) in [5.41, 5.74) is 4.10. The van der Waals surface area contributed by atoms with Gasteiger partial charge in [-0.3, -0.25) is 0 Å². The maximum atomic E-state index is 5.93. The average Bonchev–Trinajstić information content (AvgIpc) is 2.37. The molecule has 104 valence electrons. The molecule has 0 unspecified atom stereocenters. The minimum atomic E-state index is 0.553. The van der Waals surface area contributed by atoms with Crippen LogP contribution in [0.3, 0.4) is 0 Å². The van der Waals surface area contributed by atoms with Crippen molar-refractivity contribution in [3.63, 3.8) is 0 Å². The fourth-order valence-electron chi connectivity index (χ4n) is 1.77. The summed E-state index contributed by atoms with van der Waals surface area (Å²) >= 11 is 14.7. The highest BCUT2D eigenvalue weighted by molar-refractivity contribution is 9.10. The molecule has 2 aromatic rings. The normalized spacial score (nSPS) is 10.2. The van der Waals surface area contributed by atoms with Crippen LogP contribution in [0.2, 0.25) is 5.02 Å². The van der Waals surface area contributed by atoms with Crippen LogP contribution < -0.4 is 10.6 Å². The van der Waals surface area contributed by atoms with Crippen LogP contribution in [-0.2, 0) is 0 Å². The highest BCUT2D eigenvalue weighted by atomic mass is 79.9. The highest BCUT2D eigenvalue weighted by Gasteiger charge is 2.03. The molecule has 0 amide bonds. The van der Waals surface area contributed by atoms with E-state index >= 15 is 0 Å². The Bertz CT molecular complexity index is 658. The average molecular weight is 370 g/mol. The summed E-state index contributed by atoms with van der Waals surface area (Å²) < 4.78 is 1.08. The van der Waals surface area contributed by atoms with E-state index in [9.17, 15) is 0 Å². The van der Waals surface area contributed by atoms with Gasteiger partial charge in [0.25, 0.3) is 0 Å². The van der Waals surface area contributed by atoms with Crippen molar-refractivity contribution in [2.75, 3.05) is 10.6 Å². The molecule has 0 aromatic heterocycles. The standard InChI is InChI=1S/C15H14BrClN2S/c1-9-8-12(4-5-13(9)16)18-15(20)19-14-6-3-11(17)7-10(14)2/h3-8H,1-2H3,(H2,18,19,20). The molecule has 0 atom stereocenters. The van der Waals surface area contributed by atoms with Gasteiger partial charge in [0.2, 0.25) is 0 Å². The number of thiocarbonyl (C=S) groups is 1. The highest BCUT2D eigenvalue weighted by Crippen LogP contribution is 2.22. The molecule has 0 saturated heterocycles. The first-order valence-electron chi connectivity index (χ1n) is 6.06. The number of hydrogen-bond acceptors (Lipinski definition) is 1. The third-order valence-electron chi connectivity index (χ3n) is 2.85. The molecule has 0 fully saturated rings.